The second kappa shape index (κ2) is 2.15. The minimum absolute atomic E-state index is 0.749. The Morgan fingerprint density at radius 3 is 2.67 bits per heavy atom. The molecule has 0 radical (unpaired) electrons. The molecular formula is C6H12N2S. The van der Waals surface area contributed by atoms with Gasteiger partial charge in [-0.25, -0.2) is 0 Å². The molecule has 0 saturated carbocycles. The lowest BCUT2D eigenvalue weighted by Crippen LogP contribution is -2.26. The van der Waals surface area contributed by atoms with Crippen molar-refractivity contribution in [2.24, 2.45) is 11.1 Å². The molecule has 0 spiro atoms. The Bertz CT molecular complexity index is 118. The molecule has 2 saturated heterocycles. The van der Waals surface area contributed by atoms with Crippen molar-refractivity contribution in [3.8, 4) is 0 Å². The zero-order valence-electron chi connectivity index (χ0n) is 5.42. The third-order valence-electron chi connectivity index (χ3n) is 2.45. The fourth-order valence-electron chi connectivity index (χ4n) is 1.89. The molecule has 3 unspecified atom stereocenters. The van der Waals surface area contributed by atoms with Crippen LogP contribution < -0.4 is 5.14 Å². The van der Waals surface area contributed by atoms with Crippen LogP contribution in [0.3, 0.4) is 0 Å². The quantitative estimate of drug-likeness (QED) is 0.537. The summed E-state index contributed by atoms with van der Waals surface area (Å²) >= 11 is 1.55. The maximum atomic E-state index is 5.51. The minimum Gasteiger partial charge on any atom is -0.302 e. The smallest absolute Gasteiger partial charge is 0.0358 e. The molecule has 0 amide bonds. The van der Waals surface area contributed by atoms with Crippen LogP contribution in [-0.2, 0) is 0 Å². The molecule has 0 aromatic carbocycles. The van der Waals surface area contributed by atoms with Crippen molar-refractivity contribution in [1.82, 2.24) is 4.90 Å². The van der Waals surface area contributed by atoms with Gasteiger partial charge in [0.25, 0.3) is 0 Å². The van der Waals surface area contributed by atoms with E-state index in [-0.39, 0.29) is 0 Å². The van der Waals surface area contributed by atoms with Gasteiger partial charge in [0, 0.05) is 18.3 Å². The predicted octanol–water partition coefficient (Wildman–Crippen LogP) is 0.297. The van der Waals surface area contributed by atoms with Gasteiger partial charge in [0.2, 0.25) is 0 Å². The van der Waals surface area contributed by atoms with Gasteiger partial charge in [0.15, 0.2) is 0 Å². The molecule has 2 bridgehead atoms. The first-order valence-corrected chi connectivity index (χ1v) is 4.42. The number of fused-ring (bicyclic) bond motifs is 2. The standard InChI is InChI=1S/C6H12N2S/c7-9-6-4-8-2-1-5(6)3-8/h5-6H,1-4,7H2. The largest absolute Gasteiger partial charge is 0.302 e. The van der Waals surface area contributed by atoms with Crippen LogP contribution in [0.1, 0.15) is 6.42 Å². The molecule has 2 aliphatic heterocycles. The number of piperidine rings is 1. The van der Waals surface area contributed by atoms with Gasteiger partial charge in [-0.1, -0.05) is 11.9 Å². The average molecular weight is 144 g/mol. The second-order valence-electron chi connectivity index (χ2n) is 2.98. The van der Waals surface area contributed by atoms with E-state index >= 15 is 0 Å². The first-order chi connectivity index (χ1) is 4.40. The van der Waals surface area contributed by atoms with Crippen LogP contribution in [0.15, 0.2) is 0 Å². The summed E-state index contributed by atoms with van der Waals surface area (Å²) in [5.41, 5.74) is 0. The summed E-state index contributed by atoms with van der Waals surface area (Å²) in [7, 11) is 0. The normalized spacial score (nSPS) is 48.3. The molecule has 2 fully saturated rings. The summed E-state index contributed by atoms with van der Waals surface area (Å²) in [6, 6.07) is 0. The van der Waals surface area contributed by atoms with Gasteiger partial charge in [-0.15, -0.1) is 0 Å². The van der Waals surface area contributed by atoms with Crippen molar-refractivity contribution in [1.29, 1.82) is 0 Å². The highest BCUT2D eigenvalue weighted by atomic mass is 32.2. The monoisotopic (exact) mass is 144 g/mol. The van der Waals surface area contributed by atoms with Crippen LogP contribution in [0.2, 0.25) is 0 Å². The third-order valence-corrected chi connectivity index (χ3v) is 3.33. The lowest BCUT2D eigenvalue weighted by molar-refractivity contribution is 0.372. The van der Waals surface area contributed by atoms with Gasteiger partial charge < -0.3 is 4.90 Å². The number of hydrogen-bond donors (Lipinski definition) is 1. The van der Waals surface area contributed by atoms with Gasteiger partial charge in [-0.3, -0.25) is 5.14 Å². The van der Waals surface area contributed by atoms with E-state index in [0.29, 0.717) is 0 Å². The summed E-state index contributed by atoms with van der Waals surface area (Å²) in [6.07, 6.45) is 1.38. The number of rotatable bonds is 1. The zero-order chi connectivity index (χ0) is 6.27. The van der Waals surface area contributed by atoms with Crippen LogP contribution in [0.4, 0.5) is 0 Å². The molecule has 2 N–H and O–H groups in total. The van der Waals surface area contributed by atoms with E-state index in [1.807, 2.05) is 0 Å². The third kappa shape index (κ3) is 0.876. The molecule has 0 aromatic heterocycles. The molecule has 52 valence electrons. The second-order valence-corrected chi connectivity index (χ2v) is 3.86. The van der Waals surface area contributed by atoms with E-state index < -0.39 is 0 Å². The summed E-state index contributed by atoms with van der Waals surface area (Å²) in [5.74, 6) is 0.917. The van der Waals surface area contributed by atoms with E-state index in [4.69, 9.17) is 5.14 Å². The number of nitrogens with two attached hydrogens (primary N) is 1. The molecule has 2 heterocycles. The summed E-state index contributed by atoms with van der Waals surface area (Å²) in [6.45, 7) is 3.88. The van der Waals surface area contributed by atoms with Crippen LogP contribution in [0.5, 0.6) is 0 Å². The molecule has 2 nitrogen and oxygen atoms in total. The maximum Gasteiger partial charge on any atom is 0.0358 e. The molecule has 2 aliphatic rings. The van der Waals surface area contributed by atoms with Crippen LogP contribution in [-0.4, -0.2) is 29.8 Å². The average Bonchev–Trinajstić information content (AvgIpc) is 2.45. The molecule has 0 aromatic rings. The highest BCUT2D eigenvalue weighted by Gasteiger charge is 2.37. The van der Waals surface area contributed by atoms with Crippen molar-refractivity contribution in [2.75, 3.05) is 19.6 Å². The van der Waals surface area contributed by atoms with Crippen molar-refractivity contribution in [3.05, 3.63) is 0 Å². The topological polar surface area (TPSA) is 29.3 Å². The molecule has 0 aliphatic carbocycles. The highest BCUT2D eigenvalue weighted by molar-refractivity contribution is 7.97. The molecular weight excluding hydrogens is 132 g/mol. The fourth-order valence-corrected chi connectivity index (χ4v) is 2.63. The first-order valence-electron chi connectivity index (χ1n) is 3.48. The van der Waals surface area contributed by atoms with Crippen LogP contribution in [0.25, 0.3) is 0 Å². The first kappa shape index (κ1) is 6.01. The number of nitrogens with zero attached hydrogens (tertiary/aromatic N) is 1. The Kier molecular flexibility index (Phi) is 1.43. The molecule has 2 rings (SSSR count). The Morgan fingerprint density at radius 2 is 2.33 bits per heavy atom. The Morgan fingerprint density at radius 1 is 1.44 bits per heavy atom. The van der Waals surface area contributed by atoms with E-state index in [0.717, 1.165) is 11.2 Å². The van der Waals surface area contributed by atoms with Crippen LogP contribution in [0, 0.1) is 5.92 Å². The number of hydrogen-bond acceptors (Lipinski definition) is 3. The van der Waals surface area contributed by atoms with Crippen molar-refractivity contribution in [3.63, 3.8) is 0 Å². The molecule has 3 heteroatoms. The summed E-state index contributed by atoms with van der Waals surface area (Å²) in [4.78, 5) is 2.51. The Labute approximate surface area is 59.9 Å². The van der Waals surface area contributed by atoms with E-state index in [1.54, 1.807) is 11.9 Å². The van der Waals surface area contributed by atoms with Gasteiger partial charge >= 0.3 is 0 Å². The predicted molar refractivity (Wildman–Crippen MR) is 40.1 cm³/mol. The zero-order valence-corrected chi connectivity index (χ0v) is 6.23. The highest BCUT2D eigenvalue weighted by Crippen LogP contribution is 2.33. The van der Waals surface area contributed by atoms with Crippen molar-refractivity contribution >= 4 is 11.9 Å². The van der Waals surface area contributed by atoms with E-state index in [9.17, 15) is 0 Å². The van der Waals surface area contributed by atoms with Gasteiger partial charge in [-0.05, 0) is 18.9 Å². The van der Waals surface area contributed by atoms with Gasteiger partial charge in [0.05, 0.1) is 0 Å². The molecule has 9 heavy (non-hydrogen) atoms. The van der Waals surface area contributed by atoms with Crippen molar-refractivity contribution < 1.29 is 0 Å². The Hall–Kier alpha value is 0.270. The van der Waals surface area contributed by atoms with Gasteiger partial charge in [-0.2, -0.15) is 0 Å². The maximum absolute atomic E-state index is 5.51. The van der Waals surface area contributed by atoms with Crippen LogP contribution >= 0.6 is 11.9 Å². The van der Waals surface area contributed by atoms with Gasteiger partial charge in [0.1, 0.15) is 0 Å². The SMILES string of the molecule is NSC1CN2CCC1C2. The fraction of sp³-hybridized carbons (Fsp3) is 1.00. The van der Waals surface area contributed by atoms with E-state index in [2.05, 4.69) is 4.90 Å². The lowest BCUT2D eigenvalue weighted by atomic mass is 10.1. The Balaban J connectivity index is 2.01. The molecule has 3 atom stereocenters. The lowest BCUT2D eigenvalue weighted by Gasteiger charge is -2.18. The van der Waals surface area contributed by atoms with Crippen molar-refractivity contribution in [2.45, 2.75) is 11.7 Å². The summed E-state index contributed by atoms with van der Waals surface area (Å²) in [5, 5.41) is 6.26. The minimum atomic E-state index is 0.749. The van der Waals surface area contributed by atoms with E-state index in [1.165, 1.54) is 26.1 Å². The summed E-state index contributed by atoms with van der Waals surface area (Å²) < 4.78 is 0.